The van der Waals surface area contributed by atoms with Crippen LogP contribution in [0.25, 0.3) is 6.08 Å². The summed E-state index contributed by atoms with van der Waals surface area (Å²) in [6.45, 7) is 9.89. The number of amides is 1. The molecule has 1 heterocycles. The van der Waals surface area contributed by atoms with Gasteiger partial charge in [0.25, 0.3) is 0 Å². The number of aryl methyl sites for hydroxylation is 2. The van der Waals surface area contributed by atoms with Crippen LogP contribution in [0.2, 0.25) is 5.15 Å². The number of likely N-dealkylation sites (N-methyl/N-ethyl adjacent to an activating group) is 1. The maximum absolute atomic E-state index is 12.1. The lowest BCUT2D eigenvalue weighted by molar-refractivity contribution is -0.125. The first-order chi connectivity index (χ1) is 11.5. The van der Waals surface area contributed by atoms with E-state index in [0.717, 1.165) is 16.8 Å². The van der Waals surface area contributed by atoms with E-state index in [1.165, 1.54) is 5.56 Å². The van der Waals surface area contributed by atoms with Gasteiger partial charge in [0.1, 0.15) is 5.15 Å². The topological polar surface area (TPSA) is 38.1 Å². The van der Waals surface area contributed by atoms with Crippen molar-refractivity contribution >= 4 is 23.6 Å². The third kappa shape index (κ3) is 4.26. The Hall–Kier alpha value is -2.07. The summed E-state index contributed by atoms with van der Waals surface area (Å²) in [7, 11) is 0. The van der Waals surface area contributed by atoms with Crippen molar-refractivity contribution in [1.29, 1.82) is 0 Å². The van der Waals surface area contributed by atoms with E-state index in [0.29, 0.717) is 24.8 Å². The molecule has 0 bridgehead atoms. The lowest BCUT2D eigenvalue weighted by Gasteiger charge is -2.15. The SMILES string of the molecule is CCN(CC)C(=O)/C=C/c1c(C)nn(Cc2ccc(C)cc2)c1Cl. The Bertz CT molecular complexity index is 728. The standard InChI is InChI=1S/C19H24ClN3O/c1-5-22(6-2)18(24)12-11-17-15(4)21-23(19(17)20)13-16-9-7-14(3)8-10-16/h7-12H,5-6,13H2,1-4H3/b12-11+. The van der Waals surface area contributed by atoms with Crippen LogP contribution in [0.15, 0.2) is 30.3 Å². The normalized spacial score (nSPS) is 11.2. The van der Waals surface area contributed by atoms with E-state index in [1.807, 2.05) is 20.8 Å². The first-order valence-electron chi connectivity index (χ1n) is 8.21. The molecule has 1 aromatic heterocycles. The van der Waals surface area contributed by atoms with Gasteiger partial charge in [0.05, 0.1) is 12.2 Å². The van der Waals surface area contributed by atoms with Crippen molar-refractivity contribution in [1.82, 2.24) is 14.7 Å². The second-order valence-corrected chi connectivity index (χ2v) is 6.14. The smallest absolute Gasteiger partial charge is 0.246 e. The molecule has 24 heavy (non-hydrogen) atoms. The first kappa shape index (κ1) is 18.3. The minimum atomic E-state index is -0.0123. The zero-order chi connectivity index (χ0) is 17.7. The number of hydrogen-bond donors (Lipinski definition) is 0. The maximum Gasteiger partial charge on any atom is 0.246 e. The number of hydrogen-bond acceptors (Lipinski definition) is 2. The second kappa shape index (κ2) is 8.15. The van der Waals surface area contributed by atoms with Gasteiger partial charge in [-0.2, -0.15) is 5.10 Å². The van der Waals surface area contributed by atoms with Gasteiger partial charge in [-0.05, 0) is 39.3 Å². The Morgan fingerprint density at radius 1 is 1.21 bits per heavy atom. The largest absolute Gasteiger partial charge is 0.340 e. The minimum Gasteiger partial charge on any atom is -0.340 e. The third-order valence-electron chi connectivity index (χ3n) is 4.03. The van der Waals surface area contributed by atoms with Crippen molar-refractivity contribution in [3.05, 3.63) is 57.9 Å². The van der Waals surface area contributed by atoms with Crippen molar-refractivity contribution in [3.8, 4) is 0 Å². The van der Waals surface area contributed by atoms with Crippen LogP contribution in [-0.4, -0.2) is 33.7 Å². The molecular formula is C19H24ClN3O. The van der Waals surface area contributed by atoms with E-state index in [4.69, 9.17) is 11.6 Å². The second-order valence-electron chi connectivity index (χ2n) is 5.78. The highest BCUT2D eigenvalue weighted by atomic mass is 35.5. The Balaban J connectivity index is 2.19. The molecule has 0 aliphatic carbocycles. The van der Waals surface area contributed by atoms with Gasteiger partial charge in [-0.25, -0.2) is 4.68 Å². The lowest BCUT2D eigenvalue weighted by Crippen LogP contribution is -2.28. The molecule has 0 saturated heterocycles. The summed E-state index contributed by atoms with van der Waals surface area (Å²) >= 11 is 6.47. The van der Waals surface area contributed by atoms with Gasteiger partial charge in [0, 0.05) is 24.7 Å². The van der Waals surface area contributed by atoms with Gasteiger partial charge in [-0.1, -0.05) is 41.4 Å². The molecule has 0 aliphatic heterocycles. The van der Waals surface area contributed by atoms with Crippen LogP contribution in [0.5, 0.6) is 0 Å². The van der Waals surface area contributed by atoms with Gasteiger partial charge in [-0.15, -0.1) is 0 Å². The van der Waals surface area contributed by atoms with E-state index in [-0.39, 0.29) is 5.91 Å². The average molecular weight is 346 g/mol. The van der Waals surface area contributed by atoms with Gasteiger partial charge >= 0.3 is 0 Å². The highest BCUT2D eigenvalue weighted by molar-refractivity contribution is 6.31. The fraction of sp³-hybridized carbons (Fsp3) is 0.368. The van der Waals surface area contributed by atoms with Crippen LogP contribution < -0.4 is 0 Å². The molecule has 0 radical (unpaired) electrons. The summed E-state index contributed by atoms with van der Waals surface area (Å²) in [5.74, 6) is -0.0123. The molecule has 0 unspecified atom stereocenters. The van der Waals surface area contributed by atoms with Gasteiger partial charge < -0.3 is 4.90 Å². The molecule has 0 fully saturated rings. The van der Waals surface area contributed by atoms with Crippen LogP contribution >= 0.6 is 11.6 Å². The Kier molecular flexibility index (Phi) is 6.21. The van der Waals surface area contributed by atoms with Gasteiger partial charge in [0.2, 0.25) is 5.91 Å². The Morgan fingerprint density at radius 2 is 1.83 bits per heavy atom. The summed E-state index contributed by atoms with van der Waals surface area (Å²) in [6.07, 6.45) is 3.33. The van der Waals surface area contributed by atoms with E-state index in [2.05, 4.69) is 36.3 Å². The molecule has 2 aromatic rings. The van der Waals surface area contributed by atoms with E-state index in [1.54, 1.807) is 21.7 Å². The maximum atomic E-state index is 12.1. The molecule has 0 saturated carbocycles. The molecule has 0 aliphatic rings. The van der Waals surface area contributed by atoms with E-state index >= 15 is 0 Å². The predicted molar refractivity (Wildman–Crippen MR) is 99.2 cm³/mol. The summed E-state index contributed by atoms with van der Waals surface area (Å²) in [5.41, 5.74) is 3.97. The van der Waals surface area contributed by atoms with Crippen LogP contribution in [0.4, 0.5) is 0 Å². The van der Waals surface area contributed by atoms with Crippen molar-refractivity contribution in [2.45, 2.75) is 34.2 Å². The zero-order valence-corrected chi connectivity index (χ0v) is 15.5. The van der Waals surface area contributed by atoms with Crippen LogP contribution in [0, 0.1) is 13.8 Å². The molecule has 1 aromatic carbocycles. The van der Waals surface area contributed by atoms with Crippen molar-refractivity contribution in [2.75, 3.05) is 13.1 Å². The Morgan fingerprint density at radius 3 is 2.42 bits per heavy atom. The first-order valence-corrected chi connectivity index (χ1v) is 8.59. The quantitative estimate of drug-likeness (QED) is 0.740. The highest BCUT2D eigenvalue weighted by Crippen LogP contribution is 2.22. The summed E-state index contributed by atoms with van der Waals surface area (Å²) in [5, 5.41) is 5.05. The number of rotatable bonds is 6. The molecule has 4 nitrogen and oxygen atoms in total. The zero-order valence-electron chi connectivity index (χ0n) is 14.7. The molecular weight excluding hydrogens is 322 g/mol. The predicted octanol–water partition coefficient (Wildman–Crippen LogP) is 4.08. The number of carbonyl (C=O) groups excluding carboxylic acids is 1. The Labute approximate surface area is 148 Å². The van der Waals surface area contributed by atoms with Crippen LogP contribution in [0.1, 0.15) is 36.2 Å². The van der Waals surface area contributed by atoms with Crippen LogP contribution in [0.3, 0.4) is 0 Å². The molecule has 128 valence electrons. The molecule has 5 heteroatoms. The molecule has 0 N–H and O–H groups in total. The highest BCUT2D eigenvalue weighted by Gasteiger charge is 2.12. The number of carbonyl (C=O) groups is 1. The molecule has 0 atom stereocenters. The monoisotopic (exact) mass is 345 g/mol. The van der Waals surface area contributed by atoms with Crippen molar-refractivity contribution < 1.29 is 4.79 Å². The third-order valence-corrected chi connectivity index (χ3v) is 4.43. The van der Waals surface area contributed by atoms with E-state index in [9.17, 15) is 4.79 Å². The lowest BCUT2D eigenvalue weighted by atomic mass is 10.1. The van der Waals surface area contributed by atoms with E-state index < -0.39 is 0 Å². The summed E-state index contributed by atoms with van der Waals surface area (Å²) in [4.78, 5) is 13.9. The summed E-state index contributed by atoms with van der Waals surface area (Å²) in [6, 6.07) is 8.29. The molecule has 2 rings (SSSR count). The van der Waals surface area contributed by atoms with Gasteiger partial charge in [0.15, 0.2) is 0 Å². The number of aromatic nitrogens is 2. The fourth-order valence-corrected chi connectivity index (χ4v) is 2.82. The minimum absolute atomic E-state index is 0.0123. The number of benzene rings is 1. The molecule has 1 amide bonds. The summed E-state index contributed by atoms with van der Waals surface area (Å²) < 4.78 is 1.77. The van der Waals surface area contributed by atoms with Crippen molar-refractivity contribution in [3.63, 3.8) is 0 Å². The van der Waals surface area contributed by atoms with Crippen molar-refractivity contribution in [2.24, 2.45) is 0 Å². The molecule has 0 spiro atoms. The number of halogens is 1. The fourth-order valence-electron chi connectivity index (χ4n) is 2.52. The average Bonchev–Trinajstić information content (AvgIpc) is 2.82. The number of nitrogens with zero attached hydrogens (tertiary/aromatic N) is 3. The van der Waals surface area contributed by atoms with Crippen LogP contribution in [-0.2, 0) is 11.3 Å². The van der Waals surface area contributed by atoms with Gasteiger partial charge in [-0.3, -0.25) is 4.79 Å².